The van der Waals surface area contributed by atoms with E-state index in [1.54, 1.807) is 0 Å². The van der Waals surface area contributed by atoms with Crippen LogP contribution in [0.15, 0.2) is 78.9 Å². The maximum absolute atomic E-state index is 11.1. The standard InChI is InChI=1S/C55H49N3/c1-51(2,3)30-17-19-33-38(23-30)54(9,10)47-28(26-56)21-40-42(43(33)47)36-25-35-32-15-13-14-16-37(32)53(7,8)49(35)46-45-41(58(40)50(36)46)22-29(27-57)48-44(45)34-20-18-31(52(4,5)6)24-39(34)55(48,11)12/h13-25H,1-12H3. The Kier molecular flexibility index (Phi) is 6.32. The van der Waals surface area contributed by atoms with Crippen molar-refractivity contribution in [1.82, 2.24) is 4.40 Å². The molecule has 0 amide bonds. The van der Waals surface area contributed by atoms with Crippen molar-refractivity contribution in [3.05, 3.63) is 134 Å². The van der Waals surface area contributed by atoms with Crippen LogP contribution >= 0.6 is 0 Å². The molecular weight excluding hydrogens is 703 g/mol. The van der Waals surface area contributed by atoms with Gasteiger partial charge in [0.2, 0.25) is 0 Å². The van der Waals surface area contributed by atoms with Crippen LogP contribution in [0.1, 0.15) is 139 Å². The number of nitriles is 2. The molecule has 11 rings (SSSR count). The van der Waals surface area contributed by atoms with Crippen LogP contribution in [0, 0.1) is 22.7 Å². The number of hydrogen-bond acceptors (Lipinski definition) is 2. The summed E-state index contributed by atoms with van der Waals surface area (Å²) in [4.78, 5) is 0. The molecule has 3 aliphatic rings. The van der Waals surface area contributed by atoms with Gasteiger partial charge in [-0.2, -0.15) is 10.5 Å². The fraction of sp³-hybridized carbons (Fsp3) is 0.309. The highest BCUT2D eigenvalue weighted by atomic mass is 14.9. The molecule has 0 aliphatic heterocycles. The Morgan fingerprint density at radius 2 is 0.966 bits per heavy atom. The zero-order valence-corrected chi connectivity index (χ0v) is 35.8. The fourth-order valence-electron chi connectivity index (χ4n) is 12.0. The summed E-state index contributed by atoms with van der Waals surface area (Å²) in [5, 5.41) is 27.1. The first-order chi connectivity index (χ1) is 27.2. The molecule has 6 aromatic carbocycles. The summed E-state index contributed by atoms with van der Waals surface area (Å²) in [5.74, 6) is 0. The lowest BCUT2D eigenvalue weighted by molar-refractivity contribution is 0.584. The normalized spacial score (nSPS) is 16.7. The Balaban J connectivity index is 1.41. The van der Waals surface area contributed by atoms with Gasteiger partial charge in [-0.1, -0.05) is 144 Å². The van der Waals surface area contributed by atoms with Crippen LogP contribution in [0.4, 0.5) is 0 Å². The minimum Gasteiger partial charge on any atom is -0.308 e. The molecule has 0 saturated heterocycles. The number of hydrogen-bond donors (Lipinski definition) is 0. The minimum absolute atomic E-state index is 0.0102. The highest BCUT2D eigenvalue weighted by molar-refractivity contribution is 6.32. The van der Waals surface area contributed by atoms with Crippen molar-refractivity contribution >= 4 is 38.1 Å². The van der Waals surface area contributed by atoms with Crippen LogP contribution in [0.2, 0.25) is 0 Å². The second kappa shape index (κ2) is 10.4. The van der Waals surface area contributed by atoms with Gasteiger partial charge in [-0.25, -0.2) is 0 Å². The largest absolute Gasteiger partial charge is 0.308 e. The zero-order valence-electron chi connectivity index (χ0n) is 35.8. The molecule has 0 atom stereocenters. The zero-order chi connectivity index (χ0) is 41.0. The summed E-state index contributed by atoms with van der Waals surface area (Å²) in [5.41, 5.74) is 21.1. The van der Waals surface area contributed by atoms with E-state index in [1.165, 1.54) is 93.8 Å². The van der Waals surface area contributed by atoms with Crippen LogP contribution in [-0.2, 0) is 27.1 Å². The molecule has 2 aromatic heterocycles. The van der Waals surface area contributed by atoms with E-state index < -0.39 is 0 Å². The Labute approximate surface area is 341 Å². The van der Waals surface area contributed by atoms with Gasteiger partial charge in [0.25, 0.3) is 0 Å². The third kappa shape index (κ3) is 3.94. The highest BCUT2D eigenvalue weighted by Crippen LogP contribution is 2.62. The van der Waals surface area contributed by atoms with Crippen molar-refractivity contribution in [3.63, 3.8) is 0 Å². The first-order valence-electron chi connectivity index (χ1n) is 20.9. The molecule has 0 radical (unpaired) electrons. The number of nitrogens with zero attached hydrogens (tertiary/aromatic N) is 3. The van der Waals surface area contributed by atoms with E-state index in [0.717, 1.165) is 33.3 Å². The van der Waals surface area contributed by atoms with E-state index in [-0.39, 0.29) is 27.1 Å². The van der Waals surface area contributed by atoms with Gasteiger partial charge >= 0.3 is 0 Å². The maximum atomic E-state index is 11.1. The van der Waals surface area contributed by atoms with Gasteiger partial charge in [0.1, 0.15) is 0 Å². The van der Waals surface area contributed by atoms with E-state index in [1.807, 2.05) is 0 Å². The number of fused-ring (bicyclic) bond motifs is 18. The molecule has 0 fully saturated rings. The lowest BCUT2D eigenvalue weighted by Gasteiger charge is -2.26. The molecule has 58 heavy (non-hydrogen) atoms. The topological polar surface area (TPSA) is 52.0 Å². The van der Waals surface area contributed by atoms with Crippen molar-refractivity contribution in [2.75, 3.05) is 0 Å². The molecular formula is C55H49N3. The molecule has 3 nitrogen and oxygen atoms in total. The smallest absolute Gasteiger partial charge is 0.0995 e. The average molecular weight is 752 g/mol. The third-order valence-electron chi connectivity index (χ3n) is 14.8. The van der Waals surface area contributed by atoms with Crippen LogP contribution < -0.4 is 0 Å². The van der Waals surface area contributed by atoms with Crippen molar-refractivity contribution in [1.29, 1.82) is 10.5 Å². The van der Waals surface area contributed by atoms with Gasteiger partial charge < -0.3 is 4.40 Å². The molecule has 8 aromatic rings. The highest BCUT2D eigenvalue weighted by Gasteiger charge is 2.46. The molecule has 2 heterocycles. The van der Waals surface area contributed by atoms with E-state index in [0.29, 0.717) is 0 Å². The summed E-state index contributed by atoms with van der Waals surface area (Å²) < 4.78 is 2.44. The predicted molar refractivity (Wildman–Crippen MR) is 241 cm³/mol. The summed E-state index contributed by atoms with van der Waals surface area (Å²) in [6, 6.07) is 35.3. The second-order valence-electron chi connectivity index (χ2n) is 21.2. The van der Waals surface area contributed by atoms with Crippen molar-refractivity contribution < 1.29 is 0 Å². The Morgan fingerprint density at radius 3 is 1.48 bits per heavy atom. The lowest BCUT2D eigenvalue weighted by Crippen LogP contribution is -2.19. The SMILES string of the molecule is CC(C)(C)c1ccc2c(c1)C(C)(C)c1c(C#N)cc3c(c1-2)c1cc2c(c4c5c6c(c(C#N)cc5n3c14)C(C)(C)c1cc(C(C)(C)C)ccc1-6)C(C)(C)c1ccccc1-2. The molecule has 0 spiro atoms. The Morgan fingerprint density at radius 1 is 0.483 bits per heavy atom. The van der Waals surface area contributed by atoms with Crippen molar-refractivity contribution in [3.8, 4) is 45.5 Å². The summed E-state index contributed by atoms with van der Waals surface area (Å²) >= 11 is 0. The summed E-state index contributed by atoms with van der Waals surface area (Å²) in [6.45, 7) is 27.6. The van der Waals surface area contributed by atoms with E-state index >= 15 is 0 Å². The van der Waals surface area contributed by atoms with E-state index in [9.17, 15) is 10.5 Å². The van der Waals surface area contributed by atoms with Gasteiger partial charge in [-0.15, -0.1) is 0 Å². The summed E-state index contributed by atoms with van der Waals surface area (Å²) in [6.07, 6.45) is 0. The van der Waals surface area contributed by atoms with Crippen molar-refractivity contribution in [2.45, 2.75) is 110 Å². The molecule has 3 aliphatic carbocycles. The quantitative estimate of drug-likeness (QED) is 0.155. The van der Waals surface area contributed by atoms with E-state index in [4.69, 9.17) is 0 Å². The Bertz CT molecular complexity index is 3330. The number of benzene rings is 6. The average Bonchev–Trinajstić information content (AvgIpc) is 3.88. The fourth-order valence-corrected chi connectivity index (χ4v) is 12.0. The lowest BCUT2D eigenvalue weighted by atomic mass is 9.77. The maximum Gasteiger partial charge on any atom is 0.0995 e. The third-order valence-corrected chi connectivity index (χ3v) is 14.8. The molecule has 0 N–H and O–H groups in total. The van der Waals surface area contributed by atoms with E-state index in [2.05, 4.69) is 178 Å². The van der Waals surface area contributed by atoms with Gasteiger partial charge in [-0.05, 0) is 107 Å². The monoisotopic (exact) mass is 751 g/mol. The van der Waals surface area contributed by atoms with Gasteiger partial charge in [0, 0.05) is 37.8 Å². The van der Waals surface area contributed by atoms with Gasteiger partial charge in [0.05, 0.1) is 39.8 Å². The van der Waals surface area contributed by atoms with Crippen LogP contribution in [0.3, 0.4) is 0 Å². The summed E-state index contributed by atoms with van der Waals surface area (Å²) in [7, 11) is 0. The van der Waals surface area contributed by atoms with Crippen LogP contribution in [-0.4, -0.2) is 4.40 Å². The number of aromatic nitrogens is 1. The van der Waals surface area contributed by atoms with Crippen LogP contribution in [0.5, 0.6) is 0 Å². The Hall–Kier alpha value is -5.90. The first-order valence-corrected chi connectivity index (χ1v) is 20.9. The molecule has 284 valence electrons. The molecule has 0 unspecified atom stereocenters. The number of rotatable bonds is 0. The van der Waals surface area contributed by atoms with Crippen LogP contribution in [0.25, 0.3) is 71.5 Å². The van der Waals surface area contributed by atoms with Gasteiger partial charge in [0.15, 0.2) is 0 Å². The van der Waals surface area contributed by atoms with Gasteiger partial charge in [-0.3, -0.25) is 0 Å². The molecule has 0 bridgehead atoms. The predicted octanol–water partition coefficient (Wildman–Crippen LogP) is 14.1. The second-order valence-corrected chi connectivity index (χ2v) is 21.2. The molecule has 0 saturated carbocycles. The minimum atomic E-state index is -0.378. The first kappa shape index (κ1) is 35.3. The molecule has 3 heteroatoms. The van der Waals surface area contributed by atoms with Crippen molar-refractivity contribution in [2.24, 2.45) is 0 Å².